The van der Waals surface area contributed by atoms with Crippen LogP contribution in [0.4, 0.5) is 0 Å². The largest absolute Gasteiger partial charge is 0.396 e. The van der Waals surface area contributed by atoms with Crippen LogP contribution in [0.5, 0.6) is 0 Å². The zero-order chi connectivity index (χ0) is 15.9. The first-order chi connectivity index (χ1) is 9.82. The lowest BCUT2D eigenvalue weighted by atomic mass is 9.85. The molecule has 0 aromatic rings. The maximum atomic E-state index is 10.1. The van der Waals surface area contributed by atoms with Gasteiger partial charge in [0.1, 0.15) is 0 Å². The molecule has 0 amide bonds. The molecule has 2 atom stereocenters. The normalized spacial score (nSPS) is 26.6. The number of nitrogens with one attached hydrogen (secondary N) is 1. The van der Waals surface area contributed by atoms with Crippen LogP contribution in [0.2, 0.25) is 0 Å². The number of aliphatic hydroxyl groups is 2. The predicted molar refractivity (Wildman–Crippen MR) is 86.3 cm³/mol. The van der Waals surface area contributed by atoms with E-state index in [0.717, 1.165) is 18.8 Å². The second-order valence-electron chi connectivity index (χ2n) is 7.71. The maximum absolute atomic E-state index is 10.1. The highest BCUT2D eigenvalue weighted by molar-refractivity contribution is 4.81. The number of hydrogen-bond donors (Lipinski definition) is 3. The molecule has 0 spiro atoms. The average Bonchev–Trinajstić information content (AvgIpc) is 2.41. The molecule has 4 nitrogen and oxygen atoms in total. The molecule has 1 aliphatic rings. The van der Waals surface area contributed by atoms with Crippen LogP contribution in [-0.2, 0) is 4.74 Å². The fourth-order valence-corrected chi connectivity index (χ4v) is 2.95. The second kappa shape index (κ2) is 9.09. The first kappa shape index (κ1) is 18.9. The molecule has 4 heteroatoms. The van der Waals surface area contributed by atoms with Crippen molar-refractivity contribution in [2.24, 2.45) is 11.3 Å². The van der Waals surface area contributed by atoms with Crippen molar-refractivity contribution < 1.29 is 14.9 Å². The molecule has 126 valence electrons. The fourth-order valence-electron chi connectivity index (χ4n) is 2.95. The summed E-state index contributed by atoms with van der Waals surface area (Å²) in [5.74, 6) is 0.822. The Labute approximate surface area is 130 Å². The van der Waals surface area contributed by atoms with E-state index in [4.69, 9.17) is 9.84 Å². The summed E-state index contributed by atoms with van der Waals surface area (Å²) < 4.78 is 5.83. The van der Waals surface area contributed by atoms with Crippen molar-refractivity contribution in [2.75, 3.05) is 19.8 Å². The topological polar surface area (TPSA) is 61.7 Å². The molecule has 0 aliphatic heterocycles. The third kappa shape index (κ3) is 7.59. The molecule has 1 fully saturated rings. The van der Waals surface area contributed by atoms with E-state index in [-0.39, 0.29) is 18.1 Å². The number of aliphatic hydroxyl groups excluding tert-OH is 2. The summed E-state index contributed by atoms with van der Waals surface area (Å²) >= 11 is 0. The van der Waals surface area contributed by atoms with Crippen molar-refractivity contribution in [2.45, 2.75) is 78.0 Å². The molecule has 0 heterocycles. The van der Waals surface area contributed by atoms with Crippen LogP contribution in [0.3, 0.4) is 0 Å². The van der Waals surface area contributed by atoms with Crippen molar-refractivity contribution in [1.29, 1.82) is 0 Å². The first-order valence-electron chi connectivity index (χ1n) is 8.46. The Morgan fingerprint density at radius 2 is 1.81 bits per heavy atom. The van der Waals surface area contributed by atoms with Gasteiger partial charge in [0.15, 0.2) is 0 Å². The van der Waals surface area contributed by atoms with E-state index in [9.17, 15) is 5.11 Å². The van der Waals surface area contributed by atoms with Gasteiger partial charge >= 0.3 is 0 Å². The van der Waals surface area contributed by atoms with Gasteiger partial charge < -0.3 is 20.3 Å². The minimum Gasteiger partial charge on any atom is -0.396 e. The van der Waals surface area contributed by atoms with Crippen LogP contribution >= 0.6 is 0 Å². The van der Waals surface area contributed by atoms with Gasteiger partial charge in [0, 0.05) is 19.2 Å². The zero-order valence-electron chi connectivity index (χ0n) is 14.3. The van der Waals surface area contributed by atoms with Gasteiger partial charge in [-0.05, 0) is 43.4 Å². The Bertz CT molecular complexity index is 270. The molecule has 0 aromatic carbocycles. The Balaban J connectivity index is 2.22. The molecule has 0 saturated heterocycles. The predicted octanol–water partition coefficient (Wildman–Crippen LogP) is 2.33. The highest BCUT2D eigenvalue weighted by atomic mass is 16.5. The molecule has 0 bridgehead atoms. The zero-order valence-corrected chi connectivity index (χ0v) is 14.3. The summed E-state index contributed by atoms with van der Waals surface area (Å²) in [6.45, 7) is 9.82. The minimum atomic E-state index is -0.479. The summed E-state index contributed by atoms with van der Waals surface area (Å²) in [4.78, 5) is 0. The monoisotopic (exact) mass is 301 g/mol. The Morgan fingerprint density at radius 3 is 2.33 bits per heavy atom. The van der Waals surface area contributed by atoms with Crippen molar-refractivity contribution in [3.63, 3.8) is 0 Å². The lowest BCUT2D eigenvalue weighted by molar-refractivity contribution is -0.0294. The lowest BCUT2D eigenvalue weighted by Crippen LogP contribution is -2.45. The SMILES string of the molecule is CC1CCC(OCC(O)CNC(CCO)C(C)(C)C)CC1. The van der Waals surface area contributed by atoms with Gasteiger partial charge in [-0.2, -0.15) is 0 Å². The van der Waals surface area contributed by atoms with E-state index >= 15 is 0 Å². The summed E-state index contributed by atoms with van der Waals surface area (Å²) in [7, 11) is 0. The molecule has 1 saturated carbocycles. The molecular formula is C17H35NO3. The first-order valence-corrected chi connectivity index (χ1v) is 8.46. The summed E-state index contributed by atoms with van der Waals surface area (Å²) in [5.41, 5.74) is 0.0722. The van der Waals surface area contributed by atoms with Gasteiger partial charge in [0.05, 0.1) is 18.8 Å². The van der Waals surface area contributed by atoms with Gasteiger partial charge in [-0.25, -0.2) is 0 Å². The van der Waals surface area contributed by atoms with E-state index in [1.807, 2.05) is 0 Å². The number of ether oxygens (including phenoxy) is 1. The molecule has 1 aliphatic carbocycles. The molecule has 21 heavy (non-hydrogen) atoms. The summed E-state index contributed by atoms with van der Waals surface area (Å²) in [6.07, 6.45) is 5.27. The molecule has 3 N–H and O–H groups in total. The van der Waals surface area contributed by atoms with E-state index in [1.54, 1.807) is 0 Å². The van der Waals surface area contributed by atoms with Gasteiger partial charge in [0.25, 0.3) is 0 Å². The van der Waals surface area contributed by atoms with Gasteiger partial charge in [-0.1, -0.05) is 27.7 Å². The van der Waals surface area contributed by atoms with E-state index in [0.29, 0.717) is 25.7 Å². The molecule has 0 aromatic heterocycles. The van der Waals surface area contributed by atoms with Crippen molar-refractivity contribution >= 4 is 0 Å². The molecule has 2 unspecified atom stereocenters. The third-order valence-electron chi connectivity index (χ3n) is 4.55. The number of hydrogen-bond acceptors (Lipinski definition) is 4. The lowest BCUT2D eigenvalue weighted by Gasteiger charge is -2.32. The maximum Gasteiger partial charge on any atom is 0.0897 e. The van der Waals surface area contributed by atoms with E-state index < -0.39 is 6.10 Å². The van der Waals surface area contributed by atoms with Crippen LogP contribution in [0.1, 0.15) is 59.8 Å². The van der Waals surface area contributed by atoms with Crippen LogP contribution < -0.4 is 5.32 Å². The van der Waals surface area contributed by atoms with E-state index in [1.165, 1.54) is 12.8 Å². The van der Waals surface area contributed by atoms with E-state index in [2.05, 4.69) is 33.0 Å². The third-order valence-corrected chi connectivity index (χ3v) is 4.55. The summed E-state index contributed by atoms with van der Waals surface area (Å²) in [5, 5.41) is 22.6. The van der Waals surface area contributed by atoms with Crippen molar-refractivity contribution in [3.8, 4) is 0 Å². The minimum absolute atomic E-state index is 0.0722. The Hall–Kier alpha value is -0.160. The van der Waals surface area contributed by atoms with Gasteiger partial charge in [-0.15, -0.1) is 0 Å². The Morgan fingerprint density at radius 1 is 1.19 bits per heavy atom. The molecule has 1 rings (SSSR count). The van der Waals surface area contributed by atoms with Gasteiger partial charge in [0.2, 0.25) is 0 Å². The smallest absolute Gasteiger partial charge is 0.0897 e. The Kier molecular flexibility index (Phi) is 8.17. The highest BCUT2D eigenvalue weighted by Gasteiger charge is 2.25. The number of rotatable bonds is 8. The average molecular weight is 301 g/mol. The van der Waals surface area contributed by atoms with Crippen LogP contribution in [0.25, 0.3) is 0 Å². The second-order valence-corrected chi connectivity index (χ2v) is 7.71. The highest BCUT2D eigenvalue weighted by Crippen LogP contribution is 2.25. The molecule has 0 radical (unpaired) electrons. The van der Waals surface area contributed by atoms with Crippen LogP contribution in [0, 0.1) is 11.3 Å². The van der Waals surface area contributed by atoms with Crippen molar-refractivity contribution in [1.82, 2.24) is 5.32 Å². The molecular weight excluding hydrogens is 266 g/mol. The van der Waals surface area contributed by atoms with Gasteiger partial charge in [-0.3, -0.25) is 0 Å². The van der Waals surface area contributed by atoms with Crippen LogP contribution in [-0.4, -0.2) is 48.2 Å². The van der Waals surface area contributed by atoms with Crippen LogP contribution in [0.15, 0.2) is 0 Å². The summed E-state index contributed by atoms with van der Waals surface area (Å²) in [6, 6.07) is 0.202. The fraction of sp³-hybridized carbons (Fsp3) is 1.00. The standard InChI is InChI=1S/C17H35NO3/c1-13-5-7-15(8-6-13)21-12-14(20)11-18-16(9-10-19)17(2,3)4/h13-16,18-20H,5-12H2,1-4H3. The van der Waals surface area contributed by atoms with Crippen molar-refractivity contribution in [3.05, 3.63) is 0 Å². The quantitative estimate of drug-likeness (QED) is 0.644.